The summed E-state index contributed by atoms with van der Waals surface area (Å²) in [6.07, 6.45) is 0. The fourth-order valence-electron chi connectivity index (χ4n) is 3.57. The van der Waals surface area contributed by atoms with Crippen LogP contribution in [0, 0.1) is 0 Å². The summed E-state index contributed by atoms with van der Waals surface area (Å²) < 4.78 is 7.01. The van der Waals surface area contributed by atoms with Crippen molar-refractivity contribution in [3.05, 3.63) is 84.4 Å². The number of hydrogen-bond donors (Lipinski definition) is 0. The quantitative estimate of drug-likeness (QED) is 0.468. The lowest BCUT2D eigenvalue weighted by molar-refractivity contribution is 0.0747. The first-order valence-corrected chi connectivity index (χ1v) is 10.8. The number of nitrogens with zero attached hydrogens (tertiary/aromatic N) is 3. The third-order valence-corrected chi connectivity index (χ3v) is 6.30. The maximum absolute atomic E-state index is 12.9. The van der Waals surface area contributed by atoms with Gasteiger partial charge in [-0.3, -0.25) is 4.79 Å². The lowest BCUT2D eigenvalue weighted by Gasteiger charge is -2.34. The number of rotatable bonds is 4. The number of para-hydroxylation sites is 2. The zero-order chi connectivity index (χ0) is 20.3. The summed E-state index contributed by atoms with van der Waals surface area (Å²) in [5.74, 6) is 1.56. The molecule has 5 rings (SSSR count). The highest BCUT2D eigenvalue weighted by molar-refractivity contribution is 7.22. The van der Waals surface area contributed by atoms with Crippen LogP contribution < -0.4 is 9.64 Å². The highest BCUT2D eigenvalue weighted by atomic mass is 32.1. The van der Waals surface area contributed by atoms with E-state index in [2.05, 4.69) is 11.0 Å². The van der Waals surface area contributed by atoms with Crippen molar-refractivity contribution in [3.8, 4) is 11.5 Å². The Morgan fingerprint density at radius 3 is 2.20 bits per heavy atom. The number of hydrogen-bond acceptors (Lipinski definition) is 5. The second-order valence-electron chi connectivity index (χ2n) is 7.18. The molecule has 150 valence electrons. The SMILES string of the molecule is O=C(c1ccc(Oc2ccccc2)cc1)N1CCN(c2nc3ccccc3s2)CC1. The van der Waals surface area contributed by atoms with Crippen LogP contribution in [0.5, 0.6) is 11.5 Å². The molecule has 0 saturated carbocycles. The standard InChI is InChI=1S/C24H21N3O2S/c28-23(18-10-12-20(13-11-18)29-19-6-2-1-3-7-19)26-14-16-27(17-15-26)24-25-21-8-4-5-9-22(21)30-24/h1-13H,14-17H2. The van der Waals surface area contributed by atoms with Gasteiger partial charge in [0.1, 0.15) is 11.5 Å². The second kappa shape index (κ2) is 8.16. The topological polar surface area (TPSA) is 45.7 Å². The lowest BCUT2D eigenvalue weighted by atomic mass is 10.1. The number of carbonyl (C=O) groups excluding carboxylic acids is 1. The van der Waals surface area contributed by atoms with Crippen LogP contribution >= 0.6 is 11.3 Å². The van der Waals surface area contributed by atoms with Crippen molar-refractivity contribution in [2.75, 3.05) is 31.1 Å². The monoisotopic (exact) mass is 415 g/mol. The van der Waals surface area contributed by atoms with E-state index < -0.39 is 0 Å². The highest BCUT2D eigenvalue weighted by Crippen LogP contribution is 2.29. The van der Waals surface area contributed by atoms with Crippen molar-refractivity contribution in [3.63, 3.8) is 0 Å². The third kappa shape index (κ3) is 3.86. The summed E-state index contributed by atoms with van der Waals surface area (Å²) >= 11 is 1.71. The average molecular weight is 416 g/mol. The van der Waals surface area contributed by atoms with E-state index in [4.69, 9.17) is 9.72 Å². The van der Waals surface area contributed by atoms with E-state index in [-0.39, 0.29) is 5.91 Å². The van der Waals surface area contributed by atoms with Crippen LogP contribution in [0.15, 0.2) is 78.9 Å². The number of aromatic nitrogens is 1. The summed E-state index contributed by atoms with van der Waals surface area (Å²) in [4.78, 5) is 21.8. The largest absolute Gasteiger partial charge is 0.457 e. The number of carbonyl (C=O) groups is 1. The van der Waals surface area contributed by atoms with Crippen molar-refractivity contribution in [1.29, 1.82) is 0 Å². The third-order valence-electron chi connectivity index (χ3n) is 5.20. The van der Waals surface area contributed by atoms with E-state index in [1.807, 2.05) is 77.7 Å². The number of benzene rings is 3. The molecule has 2 heterocycles. The van der Waals surface area contributed by atoms with Crippen LogP contribution in [0.2, 0.25) is 0 Å². The number of piperazine rings is 1. The Hall–Kier alpha value is -3.38. The molecule has 0 unspecified atom stereocenters. The molecule has 30 heavy (non-hydrogen) atoms. The number of ether oxygens (including phenoxy) is 1. The van der Waals surface area contributed by atoms with Crippen molar-refractivity contribution in [1.82, 2.24) is 9.88 Å². The first kappa shape index (κ1) is 18.6. The Labute approximate surface area is 179 Å². The summed E-state index contributed by atoms with van der Waals surface area (Å²) in [5, 5.41) is 1.03. The van der Waals surface area contributed by atoms with Gasteiger partial charge in [-0.1, -0.05) is 41.7 Å². The normalized spacial score (nSPS) is 14.1. The molecule has 0 aliphatic carbocycles. The number of thiazole rings is 1. The van der Waals surface area contributed by atoms with E-state index in [1.165, 1.54) is 4.70 Å². The molecule has 1 aliphatic rings. The highest BCUT2D eigenvalue weighted by Gasteiger charge is 2.24. The molecule has 0 spiro atoms. The molecule has 0 radical (unpaired) electrons. The molecule has 0 atom stereocenters. The van der Waals surface area contributed by atoms with Crippen LogP contribution in [0.25, 0.3) is 10.2 Å². The fraction of sp³-hybridized carbons (Fsp3) is 0.167. The molecule has 0 N–H and O–H groups in total. The van der Waals surface area contributed by atoms with Gasteiger partial charge in [-0.15, -0.1) is 0 Å². The van der Waals surface area contributed by atoms with Gasteiger partial charge in [0.05, 0.1) is 10.2 Å². The summed E-state index contributed by atoms with van der Waals surface area (Å²) in [6, 6.07) is 25.2. The van der Waals surface area contributed by atoms with Crippen molar-refractivity contribution in [2.24, 2.45) is 0 Å². The molecule has 1 aliphatic heterocycles. The minimum absolute atomic E-state index is 0.0604. The van der Waals surface area contributed by atoms with Gasteiger partial charge in [-0.25, -0.2) is 4.98 Å². The minimum atomic E-state index is 0.0604. The van der Waals surface area contributed by atoms with Gasteiger partial charge in [-0.2, -0.15) is 0 Å². The Bertz CT molecular complexity index is 1120. The van der Waals surface area contributed by atoms with E-state index in [9.17, 15) is 4.79 Å². The van der Waals surface area contributed by atoms with Gasteiger partial charge in [0.2, 0.25) is 0 Å². The molecule has 4 aromatic rings. The minimum Gasteiger partial charge on any atom is -0.457 e. The fourth-order valence-corrected chi connectivity index (χ4v) is 4.59. The van der Waals surface area contributed by atoms with Crippen molar-refractivity contribution in [2.45, 2.75) is 0 Å². The van der Waals surface area contributed by atoms with Crippen LogP contribution in [0.4, 0.5) is 5.13 Å². The smallest absolute Gasteiger partial charge is 0.253 e. The zero-order valence-corrected chi connectivity index (χ0v) is 17.2. The van der Waals surface area contributed by atoms with Gasteiger partial charge >= 0.3 is 0 Å². The molecule has 1 fully saturated rings. The Morgan fingerprint density at radius 1 is 0.800 bits per heavy atom. The molecule has 1 saturated heterocycles. The van der Waals surface area contributed by atoms with Gasteiger partial charge in [0.25, 0.3) is 5.91 Å². The first-order chi connectivity index (χ1) is 14.8. The van der Waals surface area contributed by atoms with E-state index in [0.29, 0.717) is 18.7 Å². The lowest BCUT2D eigenvalue weighted by Crippen LogP contribution is -2.48. The predicted octanol–water partition coefficient (Wildman–Crippen LogP) is 5.05. The Morgan fingerprint density at radius 2 is 1.47 bits per heavy atom. The molecule has 5 nitrogen and oxygen atoms in total. The second-order valence-corrected chi connectivity index (χ2v) is 8.19. The number of amides is 1. The first-order valence-electron chi connectivity index (χ1n) is 9.99. The Kier molecular flexibility index (Phi) is 5.07. The van der Waals surface area contributed by atoms with Crippen molar-refractivity contribution >= 4 is 32.6 Å². The van der Waals surface area contributed by atoms with Gasteiger partial charge in [-0.05, 0) is 48.5 Å². The maximum Gasteiger partial charge on any atom is 0.253 e. The molecule has 3 aromatic carbocycles. The van der Waals surface area contributed by atoms with Gasteiger partial charge < -0.3 is 14.5 Å². The molecule has 1 aromatic heterocycles. The van der Waals surface area contributed by atoms with Crippen molar-refractivity contribution < 1.29 is 9.53 Å². The zero-order valence-electron chi connectivity index (χ0n) is 16.4. The van der Waals surface area contributed by atoms with E-state index in [1.54, 1.807) is 11.3 Å². The average Bonchev–Trinajstić information content (AvgIpc) is 3.24. The molecular formula is C24H21N3O2S. The molecular weight excluding hydrogens is 394 g/mol. The molecule has 0 bridgehead atoms. The molecule has 6 heteroatoms. The van der Waals surface area contributed by atoms with Gasteiger partial charge in [0, 0.05) is 31.7 Å². The maximum atomic E-state index is 12.9. The number of fused-ring (bicyclic) bond motifs is 1. The van der Waals surface area contributed by atoms with E-state index >= 15 is 0 Å². The van der Waals surface area contributed by atoms with Crippen LogP contribution in [0.3, 0.4) is 0 Å². The van der Waals surface area contributed by atoms with E-state index in [0.717, 1.165) is 35.2 Å². The van der Waals surface area contributed by atoms with Crippen LogP contribution in [0.1, 0.15) is 10.4 Å². The van der Waals surface area contributed by atoms with Gasteiger partial charge in [0.15, 0.2) is 5.13 Å². The predicted molar refractivity (Wildman–Crippen MR) is 121 cm³/mol. The Balaban J connectivity index is 1.21. The molecule has 1 amide bonds. The van der Waals surface area contributed by atoms with Crippen LogP contribution in [-0.4, -0.2) is 42.0 Å². The van der Waals surface area contributed by atoms with Crippen LogP contribution in [-0.2, 0) is 0 Å². The summed E-state index contributed by atoms with van der Waals surface area (Å²) in [6.45, 7) is 2.97. The summed E-state index contributed by atoms with van der Waals surface area (Å²) in [7, 11) is 0. The number of anilines is 1. The summed E-state index contributed by atoms with van der Waals surface area (Å²) in [5.41, 5.74) is 1.72.